The molecule has 0 heterocycles. The second-order valence-electron chi connectivity index (χ2n) is 6.04. The molecule has 0 aliphatic heterocycles. The van der Waals surface area contributed by atoms with Crippen molar-refractivity contribution in [2.75, 3.05) is 12.4 Å². The van der Waals surface area contributed by atoms with Crippen molar-refractivity contribution in [1.29, 1.82) is 0 Å². The highest BCUT2D eigenvalue weighted by Crippen LogP contribution is 2.69. The summed E-state index contributed by atoms with van der Waals surface area (Å²) in [6.07, 6.45) is 0.642. The second-order valence-corrected chi connectivity index (χ2v) is 10.4. The van der Waals surface area contributed by atoms with Gasteiger partial charge in [-0.3, -0.25) is 9.13 Å². The molecule has 6 N–H and O–H groups in total. The summed E-state index contributed by atoms with van der Waals surface area (Å²) in [7, 11) is -11.0. The largest absolute Gasteiger partial charge is 0.369 e. The third kappa shape index (κ3) is 5.46. The van der Waals surface area contributed by atoms with E-state index in [4.69, 9.17) is 31.2 Å². The van der Waals surface area contributed by atoms with E-state index in [1.54, 1.807) is 0 Å². The van der Waals surface area contributed by atoms with Gasteiger partial charge in [-0.05, 0) is 25.2 Å². The van der Waals surface area contributed by atoms with E-state index < -0.39 is 44.7 Å². The van der Waals surface area contributed by atoms with Crippen LogP contribution >= 0.6 is 26.8 Å². The molecular formula is C11H22ClN3O9P2. The van der Waals surface area contributed by atoms with Gasteiger partial charge in [0.25, 0.3) is 5.08 Å². The molecule has 0 bridgehead atoms. The fourth-order valence-corrected chi connectivity index (χ4v) is 5.26. The van der Waals surface area contributed by atoms with Gasteiger partial charge in [-0.15, -0.1) is 16.5 Å². The van der Waals surface area contributed by atoms with Gasteiger partial charge in [0.2, 0.25) is 0 Å². The smallest absolute Gasteiger partial charge is 0.368 e. The Balaban J connectivity index is 2.80. The fourth-order valence-electron chi connectivity index (χ4n) is 2.91. The van der Waals surface area contributed by atoms with E-state index in [1.807, 2.05) is 0 Å². The molecule has 0 saturated heterocycles. The zero-order chi connectivity index (χ0) is 20.2. The standard InChI is InChI=1S/C11H22ClN3O9P2/c12-6-7-15(14-18)10(16)13-9-3-1-2-8(9)4-5-11(17,25(19,20)21)26(22,23)24/h8-9,17H,1-7H2,(H,13,16)(H2,19,20,21)(H2,22,23,24). The molecule has 0 aromatic carbocycles. The van der Waals surface area contributed by atoms with Crippen LogP contribution in [-0.4, -0.2) is 59.3 Å². The highest BCUT2D eigenvalue weighted by molar-refractivity contribution is 7.72. The molecule has 0 radical (unpaired) electrons. The third-order valence-corrected chi connectivity index (χ3v) is 8.43. The van der Waals surface area contributed by atoms with Crippen LogP contribution < -0.4 is 5.32 Å². The number of carbonyl (C=O) groups is 1. The normalized spacial score (nSPS) is 21.5. The highest BCUT2D eigenvalue weighted by Gasteiger charge is 2.59. The SMILES string of the molecule is O=NN(CCCl)C(=O)NC1CCCC1CCC(O)(P(=O)(O)O)P(=O)(O)O. The summed E-state index contributed by atoms with van der Waals surface area (Å²) in [6.45, 7) is -0.107. The van der Waals surface area contributed by atoms with Gasteiger partial charge in [0.05, 0.1) is 11.8 Å². The van der Waals surface area contributed by atoms with Crippen molar-refractivity contribution in [3.05, 3.63) is 4.91 Å². The minimum atomic E-state index is -5.52. The number of hydrogen-bond acceptors (Lipinski definition) is 6. The minimum Gasteiger partial charge on any atom is -0.368 e. The lowest BCUT2D eigenvalue weighted by atomic mass is 9.98. The van der Waals surface area contributed by atoms with Crippen LogP contribution in [0.25, 0.3) is 0 Å². The number of alkyl halides is 1. The predicted molar refractivity (Wildman–Crippen MR) is 91.2 cm³/mol. The first-order chi connectivity index (χ1) is 11.9. The predicted octanol–water partition coefficient (Wildman–Crippen LogP) is 0.869. The van der Waals surface area contributed by atoms with Crippen LogP contribution in [0, 0.1) is 10.8 Å². The Bertz CT molecular complexity index is 588. The average molecular weight is 438 g/mol. The summed E-state index contributed by atoms with van der Waals surface area (Å²) in [4.78, 5) is 59.2. The number of amides is 2. The van der Waals surface area contributed by atoms with E-state index in [2.05, 4.69) is 10.6 Å². The molecule has 26 heavy (non-hydrogen) atoms. The Hall–Kier alpha value is -0.580. The Morgan fingerprint density at radius 1 is 1.23 bits per heavy atom. The molecule has 1 aliphatic rings. The first kappa shape index (κ1) is 23.5. The molecule has 2 unspecified atom stereocenters. The molecule has 1 fully saturated rings. The van der Waals surface area contributed by atoms with Crippen LogP contribution in [0.15, 0.2) is 5.29 Å². The van der Waals surface area contributed by atoms with Crippen LogP contribution in [0.3, 0.4) is 0 Å². The van der Waals surface area contributed by atoms with Gasteiger partial charge in [-0.25, -0.2) is 4.79 Å². The maximum Gasteiger partial charge on any atom is 0.369 e. The number of carbonyl (C=O) groups excluding carboxylic acids is 1. The second kappa shape index (κ2) is 9.07. The Kier molecular flexibility index (Phi) is 8.19. The molecule has 1 aliphatic carbocycles. The summed E-state index contributed by atoms with van der Waals surface area (Å²) < 4.78 is 22.8. The summed E-state index contributed by atoms with van der Waals surface area (Å²) in [5.41, 5.74) is 0. The number of aliphatic hydroxyl groups is 1. The zero-order valence-electron chi connectivity index (χ0n) is 13.6. The number of nitrogens with one attached hydrogen (secondary N) is 1. The zero-order valence-corrected chi connectivity index (χ0v) is 16.2. The van der Waals surface area contributed by atoms with Crippen molar-refractivity contribution in [2.45, 2.75) is 43.2 Å². The van der Waals surface area contributed by atoms with E-state index in [-0.39, 0.29) is 18.8 Å². The number of nitrogens with zero attached hydrogens (tertiary/aromatic N) is 2. The average Bonchev–Trinajstić information content (AvgIpc) is 2.94. The first-order valence-electron chi connectivity index (χ1n) is 7.68. The Labute approximate surface area is 154 Å². The lowest BCUT2D eigenvalue weighted by Gasteiger charge is -2.31. The van der Waals surface area contributed by atoms with Crippen molar-refractivity contribution in [2.24, 2.45) is 11.2 Å². The van der Waals surface area contributed by atoms with E-state index >= 15 is 0 Å². The van der Waals surface area contributed by atoms with Gasteiger partial charge in [-0.1, -0.05) is 6.42 Å². The molecule has 0 aromatic heterocycles. The number of nitroso groups, excluding NO2 is 1. The monoisotopic (exact) mass is 437 g/mol. The Morgan fingerprint density at radius 3 is 2.27 bits per heavy atom. The summed E-state index contributed by atoms with van der Waals surface area (Å²) in [6, 6.07) is -1.29. The van der Waals surface area contributed by atoms with Crippen LogP contribution in [0.5, 0.6) is 0 Å². The van der Waals surface area contributed by atoms with Crippen LogP contribution in [0.2, 0.25) is 0 Å². The Morgan fingerprint density at radius 2 is 1.81 bits per heavy atom. The highest BCUT2D eigenvalue weighted by atomic mass is 35.5. The molecule has 1 saturated carbocycles. The maximum atomic E-state index is 11.9. The quantitative estimate of drug-likeness (QED) is 0.131. The molecule has 0 aromatic rings. The molecule has 0 spiro atoms. The van der Waals surface area contributed by atoms with Gasteiger partial charge in [-0.2, -0.15) is 5.01 Å². The lowest BCUT2D eigenvalue weighted by molar-refractivity contribution is 0.114. The molecule has 15 heteroatoms. The van der Waals surface area contributed by atoms with Crippen molar-refractivity contribution in [1.82, 2.24) is 10.3 Å². The molecular weight excluding hydrogens is 416 g/mol. The lowest BCUT2D eigenvalue weighted by Crippen LogP contribution is -2.44. The number of rotatable bonds is 9. The van der Waals surface area contributed by atoms with Gasteiger partial charge in [0.1, 0.15) is 0 Å². The van der Waals surface area contributed by atoms with Gasteiger partial charge >= 0.3 is 21.2 Å². The van der Waals surface area contributed by atoms with Crippen LogP contribution in [0.1, 0.15) is 32.1 Å². The topological polar surface area (TPSA) is 197 Å². The minimum absolute atomic E-state index is 0.00907. The maximum absolute atomic E-state index is 11.9. The van der Waals surface area contributed by atoms with Gasteiger partial charge in [0, 0.05) is 18.3 Å². The summed E-state index contributed by atoms with van der Waals surface area (Å²) in [5, 5.41) is 12.1. The van der Waals surface area contributed by atoms with Crippen molar-refractivity contribution in [3.8, 4) is 0 Å². The summed E-state index contributed by atoms with van der Waals surface area (Å²) >= 11 is 5.45. The van der Waals surface area contributed by atoms with E-state index in [0.717, 1.165) is 0 Å². The fraction of sp³-hybridized carbons (Fsp3) is 0.909. The van der Waals surface area contributed by atoms with Crippen LogP contribution in [0.4, 0.5) is 4.79 Å². The van der Waals surface area contributed by atoms with Gasteiger partial charge < -0.3 is 30.0 Å². The molecule has 2 amide bonds. The van der Waals surface area contributed by atoms with Gasteiger partial charge in [0.15, 0.2) is 0 Å². The number of urea groups is 1. The third-order valence-electron chi connectivity index (χ3n) is 4.38. The molecule has 12 nitrogen and oxygen atoms in total. The molecule has 1 rings (SSSR count). The van der Waals surface area contributed by atoms with E-state index in [1.165, 1.54) is 0 Å². The first-order valence-corrected chi connectivity index (χ1v) is 11.4. The van der Waals surface area contributed by atoms with Crippen molar-refractivity contribution in [3.63, 3.8) is 0 Å². The molecule has 152 valence electrons. The number of hydrogen-bond donors (Lipinski definition) is 6. The molecule has 2 atom stereocenters. The van der Waals surface area contributed by atoms with Crippen LogP contribution in [-0.2, 0) is 9.13 Å². The van der Waals surface area contributed by atoms with E-state index in [9.17, 15) is 23.9 Å². The van der Waals surface area contributed by atoms with E-state index in [0.29, 0.717) is 24.3 Å². The van der Waals surface area contributed by atoms with Crippen molar-refractivity contribution < 1.29 is 38.6 Å². The summed E-state index contributed by atoms with van der Waals surface area (Å²) in [5.74, 6) is -0.404. The van der Waals surface area contributed by atoms with Crippen molar-refractivity contribution >= 4 is 32.8 Å². The number of halogens is 1.